The summed E-state index contributed by atoms with van der Waals surface area (Å²) in [6.07, 6.45) is 83.1. The van der Waals surface area contributed by atoms with Crippen LogP contribution in [0.2, 0.25) is 0 Å². The molecule has 0 saturated heterocycles. The van der Waals surface area contributed by atoms with Crippen LogP contribution in [0.25, 0.3) is 0 Å². The van der Waals surface area contributed by atoms with E-state index in [9.17, 15) is 19.5 Å². The minimum atomic E-state index is -1.63. The van der Waals surface area contributed by atoms with E-state index in [1.54, 1.807) is 0 Å². The number of quaternary nitrogens is 1. The molecule has 0 saturated carbocycles. The molecular weight excluding hydrogens is 1010 g/mol. The van der Waals surface area contributed by atoms with Crippen molar-refractivity contribution in [3.8, 4) is 0 Å². The van der Waals surface area contributed by atoms with Gasteiger partial charge >= 0.3 is 11.9 Å². The molecule has 9 heteroatoms. The highest BCUT2D eigenvalue weighted by Gasteiger charge is 2.22. The zero-order valence-electron chi connectivity index (χ0n) is 52.9. The molecule has 0 aliphatic heterocycles. The van der Waals surface area contributed by atoms with Gasteiger partial charge in [0.05, 0.1) is 40.3 Å². The van der Waals surface area contributed by atoms with E-state index in [0.717, 1.165) is 109 Å². The number of hydrogen-bond acceptors (Lipinski definition) is 8. The molecule has 0 heterocycles. The number of unbranched alkanes of at least 4 members (excludes halogenated alkanes) is 27. The number of ether oxygens (including phenoxy) is 4. The number of nitrogens with zero attached hydrogens (tertiary/aromatic N) is 1. The van der Waals surface area contributed by atoms with Gasteiger partial charge in [-0.1, -0.05) is 264 Å². The Morgan fingerprint density at radius 1 is 0.383 bits per heavy atom. The van der Waals surface area contributed by atoms with Gasteiger partial charge in [0.2, 0.25) is 0 Å². The summed E-state index contributed by atoms with van der Waals surface area (Å²) in [5.41, 5.74) is 0. The number of hydrogen-bond donors (Lipinski definition) is 0. The maximum Gasteiger partial charge on any atom is 0.306 e. The van der Waals surface area contributed by atoms with Crippen LogP contribution in [0.5, 0.6) is 0 Å². The van der Waals surface area contributed by atoms with Crippen LogP contribution in [-0.4, -0.2) is 82.3 Å². The number of rotatable bonds is 60. The van der Waals surface area contributed by atoms with Crippen molar-refractivity contribution in [2.24, 2.45) is 0 Å². The third kappa shape index (κ3) is 63.4. The fourth-order valence-electron chi connectivity index (χ4n) is 8.96. The molecular formula is C72H123NO8. The summed E-state index contributed by atoms with van der Waals surface area (Å²) in [6, 6.07) is 0. The van der Waals surface area contributed by atoms with E-state index in [-0.39, 0.29) is 38.6 Å². The fourth-order valence-corrected chi connectivity index (χ4v) is 8.96. The van der Waals surface area contributed by atoms with Gasteiger partial charge in [0.15, 0.2) is 12.4 Å². The summed E-state index contributed by atoms with van der Waals surface area (Å²) in [4.78, 5) is 37.3. The van der Waals surface area contributed by atoms with Crippen molar-refractivity contribution < 1.29 is 42.9 Å². The maximum absolute atomic E-state index is 12.9. The Morgan fingerprint density at radius 3 is 1.05 bits per heavy atom. The third-order valence-electron chi connectivity index (χ3n) is 14.0. The minimum absolute atomic E-state index is 0.143. The molecule has 0 aromatic heterocycles. The second kappa shape index (κ2) is 62.0. The van der Waals surface area contributed by atoms with Crippen molar-refractivity contribution in [1.29, 1.82) is 0 Å². The first-order valence-corrected chi connectivity index (χ1v) is 33.0. The van der Waals surface area contributed by atoms with Crippen LogP contribution in [0.1, 0.15) is 271 Å². The zero-order valence-corrected chi connectivity index (χ0v) is 52.9. The van der Waals surface area contributed by atoms with Gasteiger partial charge in [-0.3, -0.25) is 9.59 Å². The summed E-state index contributed by atoms with van der Waals surface area (Å²) in [7, 11) is 5.92. The molecule has 0 aliphatic rings. The fraction of sp³-hybridized carbons (Fsp3) is 0.708. The monoisotopic (exact) mass is 1130 g/mol. The maximum atomic E-state index is 12.9. The van der Waals surface area contributed by atoms with E-state index in [1.165, 1.54) is 128 Å². The lowest BCUT2D eigenvalue weighted by Gasteiger charge is -2.26. The first kappa shape index (κ1) is 77.0. The van der Waals surface area contributed by atoms with Gasteiger partial charge in [0.25, 0.3) is 0 Å². The molecule has 464 valence electrons. The number of aliphatic carboxylic acids is 1. The van der Waals surface area contributed by atoms with Gasteiger partial charge in [-0.25, -0.2) is 0 Å². The van der Waals surface area contributed by atoms with Crippen LogP contribution in [0.15, 0.2) is 109 Å². The highest BCUT2D eigenvalue weighted by Crippen LogP contribution is 2.17. The van der Waals surface area contributed by atoms with E-state index in [1.807, 2.05) is 21.1 Å². The van der Waals surface area contributed by atoms with Gasteiger partial charge in [-0.05, 0) is 103 Å². The molecule has 0 bridgehead atoms. The van der Waals surface area contributed by atoms with Crippen LogP contribution in [-0.2, 0) is 33.3 Å². The smallest absolute Gasteiger partial charge is 0.306 e. The van der Waals surface area contributed by atoms with E-state index < -0.39 is 24.3 Å². The Bertz CT molecular complexity index is 1700. The van der Waals surface area contributed by atoms with Crippen LogP contribution in [0.3, 0.4) is 0 Å². The van der Waals surface area contributed by atoms with Gasteiger partial charge < -0.3 is 33.3 Å². The molecule has 2 atom stereocenters. The minimum Gasteiger partial charge on any atom is -0.545 e. The van der Waals surface area contributed by atoms with Gasteiger partial charge in [0, 0.05) is 12.8 Å². The Hall–Kier alpha value is -4.05. The first-order chi connectivity index (χ1) is 39.6. The van der Waals surface area contributed by atoms with E-state index in [2.05, 4.69) is 123 Å². The predicted molar refractivity (Wildman–Crippen MR) is 343 cm³/mol. The normalized spacial score (nSPS) is 13.4. The number of likely N-dealkylation sites (N-methyl/N-ethyl adjacent to an activating group) is 1. The Labute approximate surface area is 498 Å². The summed E-state index contributed by atoms with van der Waals surface area (Å²) < 4.78 is 22.7. The van der Waals surface area contributed by atoms with Crippen molar-refractivity contribution in [3.63, 3.8) is 0 Å². The number of carbonyl (C=O) groups is 3. The number of allylic oxidation sites excluding steroid dienone is 18. The van der Waals surface area contributed by atoms with Crippen LogP contribution >= 0.6 is 0 Å². The summed E-state index contributed by atoms with van der Waals surface area (Å²) in [5, 5.41) is 11.8. The second-order valence-electron chi connectivity index (χ2n) is 23.0. The van der Waals surface area contributed by atoms with Gasteiger partial charge in [-0.2, -0.15) is 0 Å². The molecule has 0 aromatic carbocycles. The van der Waals surface area contributed by atoms with Crippen molar-refractivity contribution in [1.82, 2.24) is 0 Å². The quantitative estimate of drug-likeness (QED) is 0.0195. The SMILES string of the molecule is CC/C=C\C/C=C\C/C=C\C/C=C\C/C=C\C/C=C\C/C=C\CCCCCCCCCCCCCCCCCCCCCC(=O)OC(COC(=O)CCCCCCC/C=C\C/C=C\CCCCC)COC(OCC[N+](C)(C)C)C(=O)[O-]. The number of carboxylic acid groups (broad SMARTS) is 1. The molecule has 2 unspecified atom stereocenters. The third-order valence-corrected chi connectivity index (χ3v) is 14.0. The molecule has 0 aliphatic carbocycles. The van der Waals surface area contributed by atoms with Crippen LogP contribution in [0, 0.1) is 0 Å². The average molecular weight is 1130 g/mol. The van der Waals surface area contributed by atoms with Crippen LogP contribution in [0.4, 0.5) is 0 Å². The van der Waals surface area contributed by atoms with Crippen molar-refractivity contribution in [2.45, 2.75) is 283 Å². The van der Waals surface area contributed by atoms with Gasteiger partial charge in [0.1, 0.15) is 13.2 Å². The zero-order chi connectivity index (χ0) is 59.1. The Kier molecular flexibility index (Phi) is 58.9. The largest absolute Gasteiger partial charge is 0.545 e. The lowest BCUT2D eigenvalue weighted by molar-refractivity contribution is -0.870. The summed E-state index contributed by atoms with van der Waals surface area (Å²) in [6.45, 7) is 4.60. The molecule has 81 heavy (non-hydrogen) atoms. The molecule has 0 spiro atoms. The molecule has 0 N–H and O–H groups in total. The first-order valence-electron chi connectivity index (χ1n) is 33.0. The Balaban J connectivity index is 4.01. The highest BCUT2D eigenvalue weighted by atomic mass is 16.7. The molecule has 0 aromatic rings. The predicted octanol–water partition coefficient (Wildman–Crippen LogP) is 18.9. The lowest BCUT2D eigenvalue weighted by atomic mass is 10.0. The van der Waals surface area contributed by atoms with E-state index >= 15 is 0 Å². The highest BCUT2D eigenvalue weighted by molar-refractivity contribution is 5.70. The average Bonchev–Trinajstić information content (AvgIpc) is 3.44. The van der Waals surface area contributed by atoms with Crippen molar-refractivity contribution in [3.05, 3.63) is 109 Å². The molecule has 0 fully saturated rings. The molecule has 0 amide bonds. The summed E-state index contributed by atoms with van der Waals surface area (Å²) >= 11 is 0. The number of carboxylic acids is 1. The van der Waals surface area contributed by atoms with Gasteiger partial charge in [-0.15, -0.1) is 0 Å². The molecule has 0 radical (unpaired) electrons. The van der Waals surface area contributed by atoms with Crippen molar-refractivity contribution >= 4 is 17.9 Å². The number of esters is 2. The van der Waals surface area contributed by atoms with E-state index in [4.69, 9.17) is 18.9 Å². The van der Waals surface area contributed by atoms with Crippen molar-refractivity contribution in [2.75, 3.05) is 47.5 Å². The lowest BCUT2D eigenvalue weighted by Crippen LogP contribution is -2.44. The molecule has 0 rings (SSSR count). The molecule has 9 nitrogen and oxygen atoms in total. The topological polar surface area (TPSA) is 111 Å². The summed E-state index contributed by atoms with van der Waals surface area (Å²) in [5.74, 6) is -2.30. The Morgan fingerprint density at radius 2 is 0.704 bits per heavy atom. The second-order valence-corrected chi connectivity index (χ2v) is 23.0. The number of carbonyl (C=O) groups excluding carboxylic acids is 3. The van der Waals surface area contributed by atoms with Crippen LogP contribution < -0.4 is 5.11 Å². The van der Waals surface area contributed by atoms with E-state index in [0.29, 0.717) is 17.4 Å². The standard InChI is InChI=1S/C72H123NO8/c1-6-8-10-12-14-16-18-20-22-23-24-25-26-27-28-29-30-31-32-33-34-35-36-37-38-39-40-41-42-43-44-45-46-47-49-51-53-55-57-59-61-63-70(75)81-68(67-80-72(71(76)77)78-65-64-73(3,4)5)66-79-69(74)62-60-58-56-54-52-50-48-21-19-17-15-13-11-9-7-2/h8,10,14-17,20-22,24-25,27-28,30-31,33-34,48,68,72H,6-7,9,11-13,18-19,23,26,29,32,35-47,49-67H2,1-5H3/b10-8-,16-14-,17-15-,22-20-,25-24-,28-27-,31-30-,34-33-,48-21-.